The fraction of sp³-hybridized carbons (Fsp3) is 0.200. The zero-order chi connectivity index (χ0) is 21.0. The Kier molecular flexibility index (Phi) is 5.77. The number of carbonyl (C=O) groups excluding carboxylic acids is 1. The summed E-state index contributed by atoms with van der Waals surface area (Å²) in [6, 6.07) is 9.37. The lowest BCUT2D eigenvalue weighted by Gasteiger charge is -2.09. The Morgan fingerprint density at radius 2 is 1.83 bits per heavy atom. The topological polar surface area (TPSA) is 109 Å². The van der Waals surface area contributed by atoms with Crippen molar-refractivity contribution in [3.8, 4) is 17.2 Å². The third-order valence-corrected chi connectivity index (χ3v) is 4.03. The molecule has 0 N–H and O–H groups in total. The Morgan fingerprint density at radius 3 is 2.48 bits per heavy atom. The summed E-state index contributed by atoms with van der Waals surface area (Å²) < 4.78 is 20.9. The summed E-state index contributed by atoms with van der Waals surface area (Å²) in [6.07, 6.45) is 1.54. The van der Waals surface area contributed by atoms with Gasteiger partial charge < -0.3 is 18.9 Å². The number of nitro groups is 1. The van der Waals surface area contributed by atoms with E-state index in [1.54, 1.807) is 18.2 Å². The van der Waals surface area contributed by atoms with Gasteiger partial charge in [-0.25, -0.2) is 9.79 Å². The summed E-state index contributed by atoms with van der Waals surface area (Å²) in [4.78, 5) is 27.0. The van der Waals surface area contributed by atoms with Crippen molar-refractivity contribution in [1.29, 1.82) is 0 Å². The van der Waals surface area contributed by atoms with Gasteiger partial charge in [-0.05, 0) is 42.8 Å². The molecule has 0 atom stereocenters. The smallest absolute Gasteiger partial charge is 0.363 e. The molecule has 150 valence electrons. The van der Waals surface area contributed by atoms with E-state index in [9.17, 15) is 14.9 Å². The molecule has 0 fully saturated rings. The maximum absolute atomic E-state index is 12.2. The van der Waals surface area contributed by atoms with Crippen LogP contribution in [0.25, 0.3) is 6.08 Å². The molecule has 0 saturated carbocycles. The molecule has 0 bridgehead atoms. The highest BCUT2D eigenvalue weighted by molar-refractivity contribution is 6.13. The number of carbonyl (C=O) groups is 1. The van der Waals surface area contributed by atoms with Gasteiger partial charge in [-0.15, -0.1) is 0 Å². The first-order valence-electron chi connectivity index (χ1n) is 8.63. The third kappa shape index (κ3) is 4.18. The minimum atomic E-state index is -0.660. The monoisotopic (exact) mass is 398 g/mol. The first-order chi connectivity index (χ1) is 14.0. The molecule has 2 aromatic carbocycles. The summed E-state index contributed by atoms with van der Waals surface area (Å²) in [6.45, 7) is 2.31. The molecule has 9 nitrogen and oxygen atoms in total. The summed E-state index contributed by atoms with van der Waals surface area (Å²) in [5.41, 5.74) is 0.759. The summed E-state index contributed by atoms with van der Waals surface area (Å²) in [5, 5.41) is 11.2. The number of ether oxygens (including phenoxy) is 4. The number of esters is 1. The highest BCUT2D eigenvalue weighted by Gasteiger charge is 2.26. The molecule has 1 aliphatic rings. The Morgan fingerprint density at radius 1 is 1.10 bits per heavy atom. The van der Waals surface area contributed by atoms with Gasteiger partial charge in [-0.1, -0.05) is 6.07 Å². The van der Waals surface area contributed by atoms with Gasteiger partial charge >= 0.3 is 11.7 Å². The van der Waals surface area contributed by atoms with Gasteiger partial charge in [0, 0.05) is 11.6 Å². The van der Waals surface area contributed by atoms with Crippen LogP contribution in [0, 0.1) is 10.1 Å². The molecule has 9 heteroatoms. The second-order valence-corrected chi connectivity index (χ2v) is 5.82. The number of methoxy groups -OCH3 is 2. The Labute approximate surface area is 166 Å². The van der Waals surface area contributed by atoms with Gasteiger partial charge in [0.2, 0.25) is 5.90 Å². The standard InChI is InChI=1S/C20H18N2O7/c1-4-28-18-10-12(5-7-17(18)27-3)9-14-20(23)29-19(21-14)13-6-8-16(26-2)15(11-13)22(24)25/h5-11H,4H2,1-3H3/b14-9-. The average Bonchev–Trinajstić information content (AvgIpc) is 3.08. The van der Waals surface area contributed by atoms with Crippen molar-refractivity contribution in [2.45, 2.75) is 6.92 Å². The van der Waals surface area contributed by atoms with E-state index in [2.05, 4.69) is 4.99 Å². The number of cyclic esters (lactones) is 1. The van der Waals surface area contributed by atoms with Crippen molar-refractivity contribution in [3.63, 3.8) is 0 Å². The Hall–Kier alpha value is -3.88. The van der Waals surface area contributed by atoms with Gasteiger partial charge in [0.25, 0.3) is 0 Å². The molecule has 0 spiro atoms. The molecule has 0 radical (unpaired) electrons. The minimum absolute atomic E-state index is 0.0226. The first kappa shape index (κ1) is 19.9. The van der Waals surface area contributed by atoms with E-state index in [4.69, 9.17) is 18.9 Å². The highest BCUT2D eigenvalue weighted by Crippen LogP contribution is 2.31. The van der Waals surface area contributed by atoms with Gasteiger partial charge in [0.1, 0.15) is 0 Å². The molecule has 0 aliphatic carbocycles. The van der Waals surface area contributed by atoms with E-state index in [0.717, 1.165) is 0 Å². The second-order valence-electron chi connectivity index (χ2n) is 5.82. The average molecular weight is 398 g/mol. The number of rotatable bonds is 7. The van der Waals surface area contributed by atoms with E-state index >= 15 is 0 Å². The van der Waals surface area contributed by atoms with Crippen LogP contribution in [0.1, 0.15) is 18.1 Å². The van der Waals surface area contributed by atoms with Crippen molar-refractivity contribution < 1.29 is 28.7 Å². The van der Waals surface area contributed by atoms with Crippen LogP contribution in [0.15, 0.2) is 47.1 Å². The molecular formula is C20H18N2O7. The van der Waals surface area contributed by atoms with Crippen molar-refractivity contribution in [1.82, 2.24) is 0 Å². The molecule has 2 aromatic rings. The SMILES string of the molecule is CCOc1cc(/C=C2\N=C(c3ccc(OC)c([N+](=O)[O-])c3)OC2=O)ccc1OC. The van der Waals surface area contributed by atoms with Crippen LogP contribution in [0.3, 0.4) is 0 Å². The lowest BCUT2D eigenvalue weighted by atomic mass is 10.1. The lowest BCUT2D eigenvalue weighted by molar-refractivity contribution is -0.385. The van der Waals surface area contributed by atoms with E-state index < -0.39 is 10.9 Å². The fourth-order valence-electron chi connectivity index (χ4n) is 2.71. The van der Waals surface area contributed by atoms with Crippen molar-refractivity contribution >= 4 is 23.6 Å². The molecule has 0 saturated heterocycles. The normalized spacial score (nSPS) is 14.4. The number of aliphatic imine (C=N–C) groups is 1. The van der Waals surface area contributed by atoms with Crippen molar-refractivity contribution in [3.05, 3.63) is 63.3 Å². The van der Waals surface area contributed by atoms with Gasteiger partial charge in [0.15, 0.2) is 22.9 Å². The lowest BCUT2D eigenvalue weighted by Crippen LogP contribution is -2.06. The molecule has 1 heterocycles. The summed E-state index contributed by atoms with van der Waals surface area (Å²) >= 11 is 0. The van der Waals surface area contributed by atoms with Crippen LogP contribution in [-0.4, -0.2) is 37.6 Å². The Bertz CT molecular complexity index is 1030. The molecule has 0 unspecified atom stereocenters. The van der Waals surface area contributed by atoms with E-state index in [1.807, 2.05) is 6.92 Å². The largest absolute Gasteiger partial charge is 0.493 e. The molecule has 3 rings (SSSR count). The van der Waals surface area contributed by atoms with E-state index in [0.29, 0.717) is 29.2 Å². The molecule has 1 aliphatic heterocycles. The maximum Gasteiger partial charge on any atom is 0.363 e. The van der Waals surface area contributed by atoms with Crippen LogP contribution < -0.4 is 14.2 Å². The van der Waals surface area contributed by atoms with E-state index in [1.165, 1.54) is 38.5 Å². The Balaban J connectivity index is 1.95. The molecule has 29 heavy (non-hydrogen) atoms. The van der Waals surface area contributed by atoms with E-state index in [-0.39, 0.29) is 23.0 Å². The molecular weight excluding hydrogens is 380 g/mol. The first-order valence-corrected chi connectivity index (χ1v) is 8.63. The van der Waals surface area contributed by atoms with Gasteiger partial charge in [-0.3, -0.25) is 10.1 Å². The number of benzene rings is 2. The molecule has 0 aromatic heterocycles. The van der Waals surface area contributed by atoms with Crippen LogP contribution >= 0.6 is 0 Å². The van der Waals surface area contributed by atoms with Crippen LogP contribution in [0.4, 0.5) is 5.69 Å². The van der Waals surface area contributed by atoms with Gasteiger partial charge in [0.05, 0.1) is 25.7 Å². The zero-order valence-electron chi connectivity index (χ0n) is 16.0. The molecule has 0 amide bonds. The minimum Gasteiger partial charge on any atom is -0.493 e. The zero-order valence-corrected chi connectivity index (χ0v) is 16.0. The maximum atomic E-state index is 12.2. The quantitative estimate of drug-likeness (QED) is 0.304. The second kappa shape index (κ2) is 8.42. The number of hydrogen-bond donors (Lipinski definition) is 0. The number of nitrogens with zero attached hydrogens (tertiary/aromatic N) is 2. The van der Waals surface area contributed by atoms with Crippen LogP contribution in [-0.2, 0) is 9.53 Å². The summed E-state index contributed by atoms with van der Waals surface area (Å²) in [5.74, 6) is 0.516. The van der Waals surface area contributed by atoms with Crippen molar-refractivity contribution in [2.75, 3.05) is 20.8 Å². The van der Waals surface area contributed by atoms with Crippen LogP contribution in [0.5, 0.6) is 17.2 Å². The summed E-state index contributed by atoms with van der Waals surface area (Å²) in [7, 11) is 2.87. The third-order valence-electron chi connectivity index (χ3n) is 4.03. The predicted octanol–water partition coefficient (Wildman–Crippen LogP) is 3.36. The highest BCUT2D eigenvalue weighted by atomic mass is 16.6. The van der Waals surface area contributed by atoms with Crippen LogP contribution in [0.2, 0.25) is 0 Å². The predicted molar refractivity (Wildman–Crippen MR) is 104 cm³/mol. The van der Waals surface area contributed by atoms with Gasteiger partial charge in [-0.2, -0.15) is 0 Å². The van der Waals surface area contributed by atoms with Crippen molar-refractivity contribution in [2.24, 2.45) is 4.99 Å². The fourth-order valence-corrected chi connectivity index (χ4v) is 2.71. The number of nitro benzene ring substituents is 1. The number of hydrogen-bond acceptors (Lipinski definition) is 8.